The zero-order valence-electron chi connectivity index (χ0n) is 10.8. The number of rotatable bonds is 5. The predicted molar refractivity (Wildman–Crippen MR) is 85.1 cm³/mol. The molecule has 0 saturated heterocycles. The van der Waals surface area contributed by atoms with Gasteiger partial charge in [0.1, 0.15) is 0 Å². The Morgan fingerprint density at radius 2 is 2.11 bits per heavy atom. The average Bonchev–Trinajstić information content (AvgIpc) is 2.41. The van der Waals surface area contributed by atoms with Crippen molar-refractivity contribution in [1.82, 2.24) is 4.90 Å². The Hall–Kier alpha value is -0.630. The Labute approximate surface area is 134 Å². The maximum atomic E-state index is 12.4. The van der Waals surface area contributed by atoms with Gasteiger partial charge in [0.25, 0.3) is 5.91 Å². The minimum Gasteiger partial charge on any atom is -0.469 e. The van der Waals surface area contributed by atoms with Crippen LogP contribution in [0.1, 0.15) is 23.7 Å². The molecule has 0 bridgehead atoms. The molecular weight excluding hydrogens is 425 g/mol. The Kier molecular flexibility index (Phi) is 6.78. The van der Waals surface area contributed by atoms with Gasteiger partial charge < -0.3 is 9.64 Å². The van der Waals surface area contributed by atoms with Gasteiger partial charge >= 0.3 is 5.97 Å². The lowest BCUT2D eigenvalue weighted by atomic mass is 10.2. The van der Waals surface area contributed by atoms with E-state index in [2.05, 4.69) is 43.3 Å². The van der Waals surface area contributed by atoms with Crippen molar-refractivity contribution in [3.63, 3.8) is 0 Å². The lowest BCUT2D eigenvalue weighted by Gasteiger charge is -2.21. The van der Waals surface area contributed by atoms with Gasteiger partial charge in [-0.1, -0.05) is 15.9 Å². The SMILES string of the molecule is CCN(CCC(=O)OC)C(=O)c1cc(Br)ccc1I. The second-order valence-corrected chi connectivity index (χ2v) is 5.91. The van der Waals surface area contributed by atoms with Crippen LogP contribution in [-0.2, 0) is 9.53 Å². The summed E-state index contributed by atoms with van der Waals surface area (Å²) < 4.78 is 6.34. The summed E-state index contributed by atoms with van der Waals surface area (Å²) in [6.07, 6.45) is 0.209. The summed E-state index contributed by atoms with van der Waals surface area (Å²) in [6.45, 7) is 2.81. The molecule has 0 N–H and O–H groups in total. The lowest BCUT2D eigenvalue weighted by molar-refractivity contribution is -0.140. The first kappa shape index (κ1) is 16.4. The molecule has 1 rings (SSSR count). The van der Waals surface area contributed by atoms with Crippen LogP contribution in [-0.4, -0.2) is 37.0 Å². The monoisotopic (exact) mass is 439 g/mol. The van der Waals surface area contributed by atoms with Gasteiger partial charge in [-0.25, -0.2) is 0 Å². The van der Waals surface area contributed by atoms with Gasteiger partial charge in [0.2, 0.25) is 0 Å². The fraction of sp³-hybridized carbons (Fsp3) is 0.385. The minimum absolute atomic E-state index is 0.0721. The lowest BCUT2D eigenvalue weighted by Crippen LogP contribution is -2.33. The fourth-order valence-corrected chi connectivity index (χ4v) is 2.49. The van der Waals surface area contributed by atoms with Gasteiger partial charge in [0.15, 0.2) is 0 Å². The number of hydrogen-bond acceptors (Lipinski definition) is 3. The molecule has 0 atom stereocenters. The summed E-state index contributed by atoms with van der Waals surface area (Å²) in [5, 5.41) is 0. The van der Waals surface area contributed by atoms with E-state index in [0.29, 0.717) is 18.7 Å². The molecule has 0 fully saturated rings. The molecule has 1 amide bonds. The summed E-state index contributed by atoms with van der Waals surface area (Å²) in [5.74, 6) is -0.382. The molecule has 104 valence electrons. The van der Waals surface area contributed by atoms with Crippen molar-refractivity contribution >= 4 is 50.4 Å². The van der Waals surface area contributed by atoms with Crippen LogP contribution in [0.25, 0.3) is 0 Å². The van der Waals surface area contributed by atoms with Crippen LogP contribution in [0.3, 0.4) is 0 Å². The number of ether oxygens (including phenoxy) is 1. The van der Waals surface area contributed by atoms with E-state index in [4.69, 9.17) is 0 Å². The molecule has 0 aromatic heterocycles. The molecular formula is C13H15BrINO3. The quantitative estimate of drug-likeness (QED) is 0.523. The molecule has 0 aliphatic rings. The van der Waals surface area contributed by atoms with E-state index in [1.807, 2.05) is 19.1 Å². The van der Waals surface area contributed by atoms with Crippen LogP contribution >= 0.6 is 38.5 Å². The van der Waals surface area contributed by atoms with Crippen molar-refractivity contribution in [3.05, 3.63) is 31.8 Å². The molecule has 0 spiro atoms. The molecule has 0 aliphatic heterocycles. The number of halogens is 2. The topological polar surface area (TPSA) is 46.6 Å². The number of methoxy groups -OCH3 is 1. The van der Waals surface area contributed by atoms with Crippen molar-refractivity contribution in [2.45, 2.75) is 13.3 Å². The fourth-order valence-electron chi connectivity index (χ4n) is 1.56. The Bertz CT molecular complexity index is 479. The van der Waals surface area contributed by atoms with Crippen molar-refractivity contribution in [2.75, 3.05) is 20.2 Å². The molecule has 0 saturated carbocycles. The zero-order chi connectivity index (χ0) is 14.4. The number of benzene rings is 1. The Morgan fingerprint density at radius 1 is 1.42 bits per heavy atom. The maximum absolute atomic E-state index is 12.4. The van der Waals surface area contributed by atoms with Crippen molar-refractivity contribution < 1.29 is 14.3 Å². The van der Waals surface area contributed by atoms with Crippen LogP contribution in [0, 0.1) is 3.57 Å². The van der Waals surface area contributed by atoms with E-state index >= 15 is 0 Å². The molecule has 0 radical (unpaired) electrons. The van der Waals surface area contributed by atoms with E-state index in [1.165, 1.54) is 7.11 Å². The molecule has 19 heavy (non-hydrogen) atoms. The Morgan fingerprint density at radius 3 is 2.68 bits per heavy atom. The van der Waals surface area contributed by atoms with E-state index in [1.54, 1.807) is 11.0 Å². The second kappa shape index (κ2) is 7.84. The molecule has 1 aromatic rings. The highest BCUT2D eigenvalue weighted by atomic mass is 127. The third kappa shape index (κ3) is 4.76. The van der Waals surface area contributed by atoms with Gasteiger partial charge in [-0.2, -0.15) is 0 Å². The summed E-state index contributed by atoms with van der Waals surface area (Å²) >= 11 is 5.49. The number of amides is 1. The standard InChI is InChI=1S/C13H15BrINO3/c1-3-16(7-6-12(17)19-2)13(18)10-8-9(14)4-5-11(10)15/h4-5,8H,3,6-7H2,1-2H3. The molecule has 1 aromatic carbocycles. The van der Waals surface area contributed by atoms with Crippen LogP contribution < -0.4 is 0 Å². The highest BCUT2D eigenvalue weighted by molar-refractivity contribution is 14.1. The summed E-state index contributed by atoms with van der Waals surface area (Å²) in [5.41, 5.74) is 0.640. The highest BCUT2D eigenvalue weighted by Gasteiger charge is 2.18. The average molecular weight is 440 g/mol. The highest BCUT2D eigenvalue weighted by Crippen LogP contribution is 2.20. The molecule has 4 nitrogen and oxygen atoms in total. The third-order valence-corrected chi connectivity index (χ3v) is 4.08. The third-order valence-electron chi connectivity index (χ3n) is 2.64. The van der Waals surface area contributed by atoms with Crippen LogP contribution in [0.4, 0.5) is 0 Å². The van der Waals surface area contributed by atoms with E-state index in [-0.39, 0.29) is 18.3 Å². The number of carbonyl (C=O) groups excluding carboxylic acids is 2. The first-order valence-corrected chi connectivity index (χ1v) is 7.68. The van der Waals surface area contributed by atoms with Gasteiger partial charge in [0, 0.05) is 21.1 Å². The molecule has 0 aliphatic carbocycles. The summed E-state index contributed by atoms with van der Waals surface area (Å²) in [4.78, 5) is 25.2. The number of carbonyl (C=O) groups is 2. The van der Waals surface area contributed by atoms with E-state index < -0.39 is 0 Å². The first-order chi connectivity index (χ1) is 8.99. The van der Waals surface area contributed by atoms with Crippen LogP contribution in [0.2, 0.25) is 0 Å². The predicted octanol–water partition coefficient (Wildman–Crippen LogP) is 3.08. The van der Waals surface area contributed by atoms with Crippen molar-refractivity contribution in [3.8, 4) is 0 Å². The normalized spacial score (nSPS) is 10.1. The van der Waals surface area contributed by atoms with Crippen LogP contribution in [0.5, 0.6) is 0 Å². The molecule has 6 heteroatoms. The largest absolute Gasteiger partial charge is 0.469 e. The summed E-state index contributed by atoms with van der Waals surface area (Å²) in [6, 6.07) is 5.57. The number of nitrogens with zero attached hydrogens (tertiary/aromatic N) is 1. The van der Waals surface area contributed by atoms with Crippen molar-refractivity contribution in [2.24, 2.45) is 0 Å². The minimum atomic E-state index is -0.310. The smallest absolute Gasteiger partial charge is 0.307 e. The van der Waals surface area contributed by atoms with Gasteiger partial charge in [-0.05, 0) is 47.7 Å². The van der Waals surface area contributed by atoms with Gasteiger partial charge in [0.05, 0.1) is 19.1 Å². The first-order valence-electron chi connectivity index (χ1n) is 5.80. The van der Waals surface area contributed by atoms with Gasteiger partial charge in [-0.15, -0.1) is 0 Å². The van der Waals surface area contributed by atoms with E-state index in [0.717, 1.165) is 8.04 Å². The van der Waals surface area contributed by atoms with Crippen molar-refractivity contribution in [1.29, 1.82) is 0 Å². The number of hydrogen-bond donors (Lipinski definition) is 0. The van der Waals surface area contributed by atoms with Gasteiger partial charge in [-0.3, -0.25) is 9.59 Å². The maximum Gasteiger partial charge on any atom is 0.307 e. The van der Waals surface area contributed by atoms with Crippen LogP contribution in [0.15, 0.2) is 22.7 Å². The molecule has 0 heterocycles. The zero-order valence-corrected chi connectivity index (χ0v) is 14.5. The molecule has 0 unspecified atom stereocenters. The van der Waals surface area contributed by atoms with E-state index in [9.17, 15) is 9.59 Å². The number of esters is 1. The second-order valence-electron chi connectivity index (χ2n) is 3.84. The Balaban J connectivity index is 2.83. The summed E-state index contributed by atoms with van der Waals surface area (Å²) in [7, 11) is 1.34.